The Labute approximate surface area is 144 Å². The molecule has 0 radical (unpaired) electrons. The summed E-state index contributed by atoms with van der Waals surface area (Å²) in [6.45, 7) is 4.92. The van der Waals surface area contributed by atoms with Gasteiger partial charge in [0.05, 0.1) is 4.90 Å². The summed E-state index contributed by atoms with van der Waals surface area (Å²) >= 11 is 0. The van der Waals surface area contributed by atoms with Gasteiger partial charge in [-0.15, -0.1) is 0 Å². The molecule has 1 aliphatic heterocycles. The molecule has 2 fully saturated rings. The average molecular weight is 350 g/mol. The molecule has 1 aromatic rings. The summed E-state index contributed by atoms with van der Waals surface area (Å²) in [5, 5.41) is 2.99. The van der Waals surface area contributed by atoms with Gasteiger partial charge in [0.15, 0.2) is 0 Å². The summed E-state index contributed by atoms with van der Waals surface area (Å²) in [5.41, 5.74) is 1.11. The molecule has 0 bridgehead atoms. The van der Waals surface area contributed by atoms with Crippen LogP contribution >= 0.6 is 0 Å². The zero-order valence-corrected chi connectivity index (χ0v) is 15.2. The van der Waals surface area contributed by atoms with Crippen molar-refractivity contribution in [1.82, 2.24) is 9.62 Å². The van der Waals surface area contributed by atoms with Gasteiger partial charge in [-0.1, -0.05) is 12.5 Å². The Bertz CT molecular complexity index is 720. The van der Waals surface area contributed by atoms with E-state index < -0.39 is 10.0 Å². The van der Waals surface area contributed by atoms with Crippen LogP contribution in [0.2, 0.25) is 0 Å². The Kier molecular flexibility index (Phi) is 4.97. The summed E-state index contributed by atoms with van der Waals surface area (Å²) in [5.74, 6) is 0.375. The van der Waals surface area contributed by atoms with Crippen molar-refractivity contribution in [2.24, 2.45) is 5.92 Å². The molecule has 1 N–H and O–H groups in total. The van der Waals surface area contributed by atoms with E-state index in [2.05, 4.69) is 5.32 Å². The SMILES string of the molecule is Cc1ccc(C(=O)N[C@@H](C)C2CC2)cc1S(=O)(=O)N1CCCCC1. The highest BCUT2D eigenvalue weighted by Crippen LogP contribution is 2.32. The van der Waals surface area contributed by atoms with Crippen LogP contribution in [-0.2, 0) is 10.0 Å². The van der Waals surface area contributed by atoms with Crippen LogP contribution in [0.1, 0.15) is 54.9 Å². The Balaban J connectivity index is 1.83. The number of hydrogen-bond donors (Lipinski definition) is 1. The van der Waals surface area contributed by atoms with Crippen molar-refractivity contribution >= 4 is 15.9 Å². The summed E-state index contributed by atoms with van der Waals surface area (Å²) in [4.78, 5) is 12.7. The largest absolute Gasteiger partial charge is 0.349 e. The van der Waals surface area contributed by atoms with Crippen LogP contribution < -0.4 is 5.32 Å². The van der Waals surface area contributed by atoms with Crippen LogP contribution in [0, 0.1) is 12.8 Å². The molecule has 0 spiro atoms. The van der Waals surface area contributed by atoms with E-state index in [0.29, 0.717) is 30.1 Å². The van der Waals surface area contributed by atoms with Gasteiger partial charge in [-0.25, -0.2) is 8.42 Å². The molecule has 1 atom stereocenters. The van der Waals surface area contributed by atoms with Gasteiger partial charge in [0.2, 0.25) is 10.0 Å². The molecular formula is C18H26N2O3S. The number of carbonyl (C=O) groups excluding carboxylic acids is 1. The zero-order chi connectivity index (χ0) is 17.3. The van der Waals surface area contributed by atoms with Crippen molar-refractivity contribution in [3.8, 4) is 0 Å². The molecule has 0 unspecified atom stereocenters. The second kappa shape index (κ2) is 6.84. The molecule has 24 heavy (non-hydrogen) atoms. The number of benzene rings is 1. The minimum atomic E-state index is -3.53. The van der Waals surface area contributed by atoms with Gasteiger partial charge in [-0.05, 0) is 63.1 Å². The number of amides is 1. The van der Waals surface area contributed by atoms with Crippen molar-refractivity contribution in [2.45, 2.75) is 56.9 Å². The topological polar surface area (TPSA) is 66.5 Å². The van der Waals surface area contributed by atoms with E-state index >= 15 is 0 Å². The fourth-order valence-electron chi connectivity index (χ4n) is 3.27. The predicted molar refractivity (Wildman–Crippen MR) is 93.4 cm³/mol. The number of aryl methyl sites for hydroxylation is 1. The highest BCUT2D eigenvalue weighted by Gasteiger charge is 2.30. The van der Waals surface area contributed by atoms with E-state index in [0.717, 1.165) is 32.1 Å². The first-order valence-corrected chi connectivity index (χ1v) is 10.3. The number of rotatable bonds is 5. The lowest BCUT2D eigenvalue weighted by molar-refractivity contribution is 0.0935. The summed E-state index contributed by atoms with van der Waals surface area (Å²) in [6.07, 6.45) is 5.19. The van der Waals surface area contributed by atoms with Crippen molar-refractivity contribution in [3.05, 3.63) is 29.3 Å². The molecule has 1 saturated carbocycles. The van der Waals surface area contributed by atoms with Gasteiger partial charge in [0.25, 0.3) is 5.91 Å². The minimum absolute atomic E-state index is 0.140. The van der Waals surface area contributed by atoms with Crippen LogP contribution in [0.4, 0.5) is 0 Å². The van der Waals surface area contributed by atoms with Crippen LogP contribution in [0.5, 0.6) is 0 Å². The van der Waals surface area contributed by atoms with Crippen molar-refractivity contribution in [3.63, 3.8) is 0 Å². The number of hydrogen-bond acceptors (Lipinski definition) is 3. The molecule has 1 heterocycles. The average Bonchev–Trinajstić information content (AvgIpc) is 3.40. The molecule has 0 aromatic heterocycles. The third-order valence-electron chi connectivity index (χ3n) is 5.07. The van der Waals surface area contributed by atoms with Crippen molar-refractivity contribution < 1.29 is 13.2 Å². The minimum Gasteiger partial charge on any atom is -0.349 e. The molecule has 1 aromatic carbocycles. The van der Waals surface area contributed by atoms with Gasteiger partial charge in [-0.2, -0.15) is 4.31 Å². The molecule has 5 nitrogen and oxygen atoms in total. The van der Waals surface area contributed by atoms with Gasteiger partial charge in [0, 0.05) is 24.7 Å². The first-order valence-electron chi connectivity index (χ1n) is 8.81. The smallest absolute Gasteiger partial charge is 0.251 e. The maximum atomic E-state index is 12.9. The quantitative estimate of drug-likeness (QED) is 0.888. The summed E-state index contributed by atoms with van der Waals surface area (Å²) in [6, 6.07) is 5.11. The molecule has 6 heteroatoms. The van der Waals surface area contributed by atoms with Crippen LogP contribution in [0.15, 0.2) is 23.1 Å². The van der Waals surface area contributed by atoms with E-state index in [9.17, 15) is 13.2 Å². The van der Waals surface area contributed by atoms with Crippen LogP contribution in [0.25, 0.3) is 0 Å². The fourth-order valence-corrected chi connectivity index (χ4v) is 5.04. The number of carbonyl (C=O) groups is 1. The van der Waals surface area contributed by atoms with E-state index in [4.69, 9.17) is 0 Å². The number of piperidine rings is 1. The van der Waals surface area contributed by atoms with Gasteiger partial charge >= 0.3 is 0 Å². The highest BCUT2D eigenvalue weighted by atomic mass is 32.2. The molecule has 2 aliphatic rings. The zero-order valence-electron chi connectivity index (χ0n) is 14.4. The van der Waals surface area contributed by atoms with Crippen molar-refractivity contribution in [2.75, 3.05) is 13.1 Å². The van der Waals surface area contributed by atoms with E-state index in [-0.39, 0.29) is 16.8 Å². The van der Waals surface area contributed by atoms with E-state index in [1.54, 1.807) is 23.4 Å². The number of nitrogens with one attached hydrogen (secondary N) is 1. The monoisotopic (exact) mass is 350 g/mol. The third-order valence-corrected chi connectivity index (χ3v) is 7.11. The van der Waals surface area contributed by atoms with Gasteiger partial charge in [-0.3, -0.25) is 4.79 Å². The van der Waals surface area contributed by atoms with Crippen LogP contribution in [-0.4, -0.2) is 37.8 Å². The number of sulfonamides is 1. The lowest BCUT2D eigenvalue weighted by atomic mass is 10.1. The third kappa shape index (κ3) is 3.64. The maximum absolute atomic E-state index is 12.9. The molecule has 1 amide bonds. The Morgan fingerprint density at radius 3 is 2.50 bits per heavy atom. The fraction of sp³-hybridized carbons (Fsp3) is 0.611. The first kappa shape index (κ1) is 17.4. The molecular weight excluding hydrogens is 324 g/mol. The predicted octanol–water partition coefficient (Wildman–Crippen LogP) is 2.70. The Morgan fingerprint density at radius 2 is 1.88 bits per heavy atom. The summed E-state index contributed by atoms with van der Waals surface area (Å²) in [7, 11) is -3.53. The van der Waals surface area contributed by atoms with Gasteiger partial charge in [0.1, 0.15) is 0 Å². The second-order valence-electron chi connectivity index (χ2n) is 7.04. The lowest BCUT2D eigenvalue weighted by Gasteiger charge is -2.26. The highest BCUT2D eigenvalue weighted by molar-refractivity contribution is 7.89. The van der Waals surface area contributed by atoms with E-state index in [1.807, 2.05) is 6.92 Å². The molecule has 132 valence electrons. The van der Waals surface area contributed by atoms with Gasteiger partial charge < -0.3 is 5.32 Å². The number of nitrogens with zero attached hydrogens (tertiary/aromatic N) is 1. The normalized spacial score (nSPS) is 20.6. The Hall–Kier alpha value is -1.40. The summed E-state index contributed by atoms with van der Waals surface area (Å²) < 4.78 is 27.4. The Morgan fingerprint density at radius 1 is 1.21 bits per heavy atom. The molecule has 1 saturated heterocycles. The van der Waals surface area contributed by atoms with Crippen molar-refractivity contribution in [1.29, 1.82) is 0 Å². The lowest BCUT2D eigenvalue weighted by Crippen LogP contribution is -2.36. The standard InChI is InChI=1S/C18H26N2O3S/c1-13-6-7-16(18(21)19-14(2)15-8-9-15)12-17(13)24(22,23)20-10-4-3-5-11-20/h6-7,12,14-15H,3-5,8-11H2,1-2H3,(H,19,21)/t14-/m0/s1. The van der Waals surface area contributed by atoms with E-state index in [1.165, 1.54) is 6.07 Å². The molecule has 3 rings (SSSR count). The maximum Gasteiger partial charge on any atom is 0.251 e. The van der Waals surface area contributed by atoms with Crippen LogP contribution in [0.3, 0.4) is 0 Å². The first-order chi connectivity index (χ1) is 11.4. The molecule has 1 aliphatic carbocycles. The second-order valence-corrected chi connectivity index (χ2v) is 8.95.